The summed E-state index contributed by atoms with van der Waals surface area (Å²) in [4.78, 5) is 63.7. The van der Waals surface area contributed by atoms with Gasteiger partial charge in [-0.1, -0.05) is 30.3 Å². The molecule has 0 bridgehead atoms. The number of aliphatic carboxylic acids is 2. The van der Waals surface area contributed by atoms with Crippen molar-refractivity contribution in [2.45, 2.75) is 43.8 Å². The zero-order chi connectivity index (χ0) is 29.2. The first kappa shape index (κ1) is 29.6. The van der Waals surface area contributed by atoms with Gasteiger partial charge in [-0.05, 0) is 35.7 Å². The number of nitrogens with two attached hydrogens (primary N) is 1. The van der Waals surface area contributed by atoms with Crippen molar-refractivity contribution in [2.75, 3.05) is 6.54 Å². The van der Waals surface area contributed by atoms with E-state index in [-0.39, 0.29) is 31.4 Å². The van der Waals surface area contributed by atoms with Gasteiger partial charge >= 0.3 is 11.9 Å². The molecule has 0 spiro atoms. The molecule has 1 heterocycles. The number of phenolic OH excluding ortho intramolecular Hbond substituents is 1. The van der Waals surface area contributed by atoms with E-state index in [1.165, 1.54) is 12.1 Å². The van der Waals surface area contributed by atoms with Crippen LogP contribution in [-0.2, 0) is 36.8 Å². The number of carbonyl (C=O) groups is 5. The number of carboxylic acids is 2. The summed E-state index contributed by atoms with van der Waals surface area (Å²) < 4.78 is 0. The van der Waals surface area contributed by atoms with Crippen molar-refractivity contribution in [2.24, 2.45) is 5.73 Å². The van der Waals surface area contributed by atoms with E-state index in [4.69, 9.17) is 10.8 Å². The average molecular weight is 554 g/mol. The van der Waals surface area contributed by atoms with Gasteiger partial charge in [0, 0.05) is 36.4 Å². The molecule has 1 aromatic heterocycles. The molecule has 212 valence electrons. The summed E-state index contributed by atoms with van der Waals surface area (Å²) >= 11 is 0. The molecule has 3 rings (SSSR count). The predicted octanol–water partition coefficient (Wildman–Crippen LogP) is 0.0212. The molecule has 3 atom stereocenters. The van der Waals surface area contributed by atoms with Crippen molar-refractivity contribution in [3.05, 3.63) is 65.9 Å². The van der Waals surface area contributed by atoms with Crippen LogP contribution < -0.4 is 21.7 Å². The molecule has 13 nitrogen and oxygen atoms in total. The Balaban J connectivity index is 1.63. The van der Waals surface area contributed by atoms with Crippen LogP contribution >= 0.6 is 0 Å². The van der Waals surface area contributed by atoms with Gasteiger partial charge in [-0.3, -0.25) is 19.2 Å². The Bertz CT molecular complexity index is 1370. The Morgan fingerprint density at radius 2 is 1.57 bits per heavy atom. The molecule has 0 aliphatic rings. The van der Waals surface area contributed by atoms with Gasteiger partial charge in [0.2, 0.25) is 17.7 Å². The number of carbonyl (C=O) groups excluding carboxylic acids is 3. The fraction of sp³-hybridized carbons (Fsp3) is 0.296. The minimum Gasteiger partial charge on any atom is -0.508 e. The second-order valence-electron chi connectivity index (χ2n) is 9.21. The van der Waals surface area contributed by atoms with Gasteiger partial charge in [-0.15, -0.1) is 0 Å². The molecular weight excluding hydrogens is 522 g/mol. The second kappa shape index (κ2) is 13.8. The number of hydrogen-bond donors (Lipinski definition) is 8. The van der Waals surface area contributed by atoms with Crippen LogP contribution in [0.15, 0.2) is 54.7 Å². The Labute approximate surface area is 228 Å². The Morgan fingerprint density at radius 1 is 0.875 bits per heavy atom. The van der Waals surface area contributed by atoms with E-state index in [9.17, 15) is 34.2 Å². The van der Waals surface area contributed by atoms with Crippen LogP contribution in [0.4, 0.5) is 0 Å². The molecule has 0 saturated heterocycles. The van der Waals surface area contributed by atoms with E-state index in [1.54, 1.807) is 18.3 Å². The molecule has 13 heteroatoms. The van der Waals surface area contributed by atoms with Crippen LogP contribution in [0.3, 0.4) is 0 Å². The fourth-order valence-corrected chi connectivity index (χ4v) is 4.02. The highest BCUT2D eigenvalue weighted by atomic mass is 16.4. The molecule has 2 aromatic carbocycles. The Kier molecular flexibility index (Phi) is 10.2. The number of H-pyrrole nitrogens is 1. The van der Waals surface area contributed by atoms with Crippen molar-refractivity contribution >= 4 is 40.6 Å². The number of rotatable bonds is 14. The zero-order valence-corrected chi connectivity index (χ0v) is 21.4. The number of aromatic nitrogens is 1. The van der Waals surface area contributed by atoms with Gasteiger partial charge in [-0.25, -0.2) is 4.79 Å². The highest BCUT2D eigenvalue weighted by Crippen LogP contribution is 2.19. The third kappa shape index (κ3) is 8.56. The van der Waals surface area contributed by atoms with Crippen molar-refractivity contribution in [3.8, 4) is 5.75 Å². The molecule has 0 fully saturated rings. The molecule has 0 aliphatic heterocycles. The van der Waals surface area contributed by atoms with Crippen molar-refractivity contribution in [1.82, 2.24) is 20.9 Å². The SMILES string of the molecule is NC(CCC(=O)O)C(=O)NC(Cc1ccc(O)cc1)C(=O)NCC(=O)NC(Cc1c[nH]c2ccccc12)C(=O)O. The minimum absolute atomic E-state index is 0.00164. The normalized spacial score (nSPS) is 13.1. The first-order valence-corrected chi connectivity index (χ1v) is 12.4. The molecule has 3 amide bonds. The van der Waals surface area contributed by atoms with Crippen LogP contribution in [0, 0.1) is 0 Å². The number of amides is 3. The van der Waals surface area contributed by atoms with E-state index in [0.29, 0.717) is 11.1 Å². The lowest BCUT2D eigenvalue weighted by molar-refractivity contribution is -0.141. The highest BCUT2D eigenvalue weighted by molar-refractivity contribution is 5.93. The quantitative estimate of drug-likeness (QED) is 0.134. The highest BCUT2D eigenvalue weighted by Gasteiger charge is 2.26. The molecule has 0 radical (unpaired) electrons. The molecular formula is C27H31N5O8. The number of nitrogens with one attached hydrogen (secondary N) is 4. The third-order valence-corrected chi connectivity index (χ3v) is 6.17. The molecule has 0 saturated carbocycles. The number of benzene rings is 2. The zero-order valence-electron chi connectivity index (χ0n) is 21.4. The van der Waals surface area contributed by atoms with Crippen molar-refractivity contribution < 1.29 is 39.3 Å². The second-order valence-corrected chi connectivity index (χ2v) is 9.21. The summed E-state index contributed by atoms with van der Waals surface area (Å²) in [6.45, 7) is -0.566. The van der Waals surface area contributed by atoms with Gasteiger partial charge in [0.25, 0.3) is 0 Å². The molecule has 40 heavy (non-hydrogen) atoms. The lowest BCUT2D eigenvalue weighted by Crippen LogP contribution is -2.54. The van der Waals surface area contributed by atoms with E-state index in [0.717, 1.165) is 10.9 Å². The monoisotopic (exact) mass is 553 g/mol. The maximum Gasteiger partial charge on any atom is 0.326 e. The third-order valence-electron chi connectivity index (χ3n) is 6.17. The summed E-state index contributed by atoms with van der Waals surface area (Å²) in [6, 6.07) is 9.57. The topological polar surface area (TPSA) is 224 Å². The van der Waals surface area contributed by atoms with Gasteiger partial charge in [0.05, 0.1) is 12.6 Å². The van der Waals surface area contributed by atoms with Crippen LogP contribution in [0.1, 0.15) is 24.0 Å². The number of phenols is 1. The Hall–Kier alpha value is -4.91. The van der Waals surface area contributed by atoms with Gasteiger partial charge in [-0.2, -0.15) is 0 Å². The summed E-state index contributed by atoms with van der Waals surface area (Å²) in [5.74, 6) is -4.63. The first-order chi connectivity index (χ1) is 19.0. The number of hydrogen-bond acceptors (Lipinski definition) is 7. The lowest BCUT2D eigenvalue weighted by Gasteiger charge is -2.21. The van der Waals surface area contributed by atoms with Crippen LogP contribution in [-0.4, -0.2) is 74.6 Å². The number of carboxylic acid groups (broad SMARTS) is 2. The maximum atomic E-state index is 13.0. The number of aromatic hydroxyl groups is 1. The number of fused-ring (bicyclic) bond motifs is 1. The van der Waals surface area contributed by atoms with Crippen molar-refractivity contribution in [1.29, 1.82) is 0 Å². The lowest BCUT2D eigenvalue weighted by atomic mass is 10.0. The molecule has 9 N–H and O–H groups in total. The largest absolute Gasteiger partial charge is 0.508 e. The van der Waals surface area contributed by atoms with E-state index >= 15 is 0 Å². The van der Waals surface area contributed by atoms with Crippen LogP contribution in [0.2, 0.25) is 0 Å². The van der Waals surface area contributed by atoms with Crippen LogP contribution in [0.5, 0.6) is 5.75 Å². The average Bonchev–Trinajstić information content (AvgIpc) is 3.33. The number of para-hydroxylation sites is 1. The van der Waals surface area contributed by atoms with E-state index in [1.807, 2.05) is 24.3 Å². The number of aromatic amines is 1. The minimum atomic E-state index is -1.26. The van der Waals surface area contributed by atoms with E-state index in [2.05, 4.69) is 20.9 Å². The summed E-state index contributed by atoms with van der Waals surface area (Å²) in [5.41, 5.74) is 7.86. The predicted molar refractivity (Wildman–Crippen MR) is 143 cm³/mol. The molecule has 0 aliphatic carbocycles. The first-order valence-electron chi connectivity index (χ1n) is 12.4. The maximum absolute atomic E-state index is 13.0. The van der Waals surface area contributed by atoms with E-state index < -0.39 is 54.3 Å². The molecule has 3 unspecified atom stereocenters. The van der Waals surface area contributed by atoms with Gasteiger partial charge in [0.1, 0.15) is 17.8 Å². The fourth-order valence-electron chi connectivity index (χ4n) is 4.02. The smallest absolute Gasteiger partial charge is 0.326 e. The van der Waals surface area contributed by atoms with Crippen molar-refractivity contribution in [3.63, 3.8) is 0 Å². The Morgan fingerprint density at radius 3 is 2.25 bits per heavy atom. The van der Waals surface area contributed by atoms with Gasteiger partial charge < -0.3 is 42.0 Å². The van der Waals surface area contributed by atoms with Crippen LogP contribution in [0.25, 0.3) is 10.9 Å². The van der Waals surface area contributed by atoms with Gasteiger partial charge in [0.15, 0.2) is 0 Å². The summed E-state index contributed by atoms with van der Waals surface area (Å²) in [6.07, 6.45) is 1.17. The molecule has 3 aromatic rings. The summed E-state index contributed by atoms with van der Waals surface area (Å²) in [7, 11) is 0. The standard InChI is InChI=1S/C27H31N5O8/c28-19(9-10-24(35)36)25(37)32-21(11-15-5-7-17(33)8-6-15)26(38)30-14-23(34)31-22(27(39)40)12-16-13-29-20-4-2-1-3-18(16)20/h1-8,13,19,21-22,29,33H,9-12,14,28H2,(H,30,38)(H,31,34)(H,32,37)(H,35,36)(H,39,40). The summed E-state index contributed by atoms with van der Waals surface area (Å²) in [5, 5.41) is 36.1.